The van der Waals surface area contributed by atoms with Gasteiger partial charge in [-0.3, -0.25) is 9.69 Å². The fourth-order valence-corrected chi connectivity index (χ4v) is 4.85. The number of amides is 1. The van der Waals surface area contributed by atoms with Gasteiger partial charge in [0.15, 0.2) is 11.5 Å². The van der Waals surface area contributed by atoms with Gasteiger partial charge in [0.05, 0.1) is 18.2 Å². The van der Waals surface area contributed by atoms with E-state index in [0.717, 1.165) is 30.9 Å². The molecule has 156 valence electrons. The summed E-state index contributed by atoms with van der Waals surface area (Å²) in [7, 11) is 1.57. The second-order valence-electron chi connectivity index (χ2n) is 6.91. The molecule has 0 atom stereocenters. The minimum atomic E-state index is -0.184. The van der Waals surface area contributed by atoms with Crippen molar-refractivity contribution < 1.29 is 14.3 Å². The number of hydrogen-bond acceptors (Lipinski definition) is 5. The van der Waals surface area contributed by atoms with Crippen LogP contribution in [0.5, 0.6) is 11.5 Å². The molecule has 1 fully saturated rings. The van der Waals surface area contributed by atoms with Crippen molar-refractivity contribution in [2.75, 3.05) is 43.6 Å². The highest BCUT2D eigenvalue weighted by Crippen LogP contribution is 2.37. The molecule has 1 aliphatic heterocycles. The van der Waals surface area contributed by atoms with Crippen LogP contribution in [-0.4, -0.2) is 49.1 Å². The number of hydrogen-bond donors (Lipinski definition) is 1. The fraction of sp³-hybridized carbons (Fsp3) is 0.409. The molecule has 7 heteroatoms. The lowest BCUT2D eigenvalue weighted by Crippen LogP contribution is -2.31. The summed E-state index contributed by atoms with van der Waals surface area (Å²) < 4.78 is 11.7. The number of benzene rings is 2. The van der Waals surface area contributed by atoms with Crippen molar-refractivity contribution in [3.63, 3.8) is 0 Å². The molecule has 29 heavy (non-hydrogen) atoms. The van der Waals surface area contributed by atoms with Crippen LogP contribution in [0.3, 0.4) is 0 Å². The number of nitrogens with one attached hydrogen (secondary N) is 1. The number of ether oxygens (including phenoxy) is 2. The van der Waals surface area contributed by atoms with Gasteiger partial charge in [-0.25, -0.2) is 0 Å². The van der Waals surface area contributed by atoms with E-state index in [4.69, 9.17) is 9.47 Å². The molecular formula is C22H27BrN2O3S. The Bertz CT molecular complexity index is 869. The lowest BCUT2D eigenvalue weighted by Gasteiger charge is -2.26. The Hall–Kier alpha value is -1.70. The molecule has 3 rings (SSSR count). The first kappa shape index (κ1) is 22.0. The van der Waals surface area contributed by atoms with Crippen LogP contribution in [0.4, 0.5) is 5.69 Å². The van der Waals surface area contributed by atoms with Crippen LogP contribution in [0.25, 0.3) is 0 Å². The second kappa shape index (κ2) is 10.4. The molecule has 1 saturated heterocycles. The van der Waals surface area contributed by atoms with Gasteiger partial charge >= 0.3 is 0 Å². The Kier molecular flexibility index (Phi) is 7.86. The van der Waals surface area contributed by atoms with E-state index in [1.807, 2.05) is 31.7 Å². The van der Waals surface area contributed by atoms with Crippen LogP contribution in [0.1, 0.15) is 28.4 Å². The van der Waals surface area contributed by atoms with E-state index in [0.29, 0.717) is 28.1 Å². The molecule has 0 aromatic heterocycles. The lowest BCUT2D eigenvalue weighted by molar-refractivity contribution is 0.102. The standard InChI is InChI=1S/C22H27BrN2O3S/c1-4-28-21-18(23)12-17(13-20(21)27-3)22(26)24-19-6-5-16(11-15(19)2)14-25-7-9-29-10-8-25/h5-6,11-13H,4,7-10,14H2,1-3H3,(H,24,26). The highest BCUT2D eigenvalue weighted by atomic mass is 79.9. The normalized spacial score (nSPS) is 14.5. The van der Waals surface area contributed by atoms with Crippen LogP contribution in [0.2, 0.25) is 0 Å². The maximum Gasteiger partial charge on any atom is 0.255 e. The Morgan fingerprint density at radius 2 is 2.00 bits per heavy atom. The molecule has 1 N–H and O–H groups in total. The van der Waals surface area contributed by atoms with Gasteiger partial charge in [-0.2, -0.15) is 11.8 Å². The van der Waals surface area contributed by atoms with E-state index in [9.17, 15) is 4.79 Å². The van der Waals surface area contributed by atoms with Gasteiger partial charge in [0, 0.05) is 42.4 Å². The number of aryl methyl sites for hydroxylation is 1. The van der Waals surface area contributed by atoms with E-state index >= 15 is 0 Å². The number of anilines is 1. The first-order valence-corrected chi connectivity index (χ1v) is 11.7. The number of carbonyl (C=O) groups excluding carboxylic acids is 1. The summed E-state index contributed by atoms with van der Waals surface area (Å²) in [6, 6.07) is 9.69. The second-order valence-corrected chi connectivity index (χ2v) is 8.99. The molecule has 2 aromatic carbocycles. The van der Waals surface area contributed by atoms with Crippen molar-refractivity contribution in [1.82, 2.24) is 4.90 Å². The Morgan fingerprint density at radius 1 is 1.24 bits per heavy atom. The third-order valence-corrected chi connectivity index (χ3v) is 6.36. The monoisotopic (exact) mass is 478 g/mol. The van der Waals surface area contributed by atoms with Gasteiger partial charge in [-0.1, -0.05) is 12.1 Å². The van der Waals surface area contributed by atoms with E-state index in [2.05, 4.69) is 38.3 Å². The predicted octanol–water partition coefficient (Wildman–Crippen LogP) is 4.97. The first-order valence-electron chi connectivity index (χ1n) is 9.73. The average molecular weight is 479 g/mol. The molecule has 0 unspecified atom stereocenters. The molecule has 0 aliphatic carbocycles. The van der Waals surface area contributed by atoms with Crippen molar-refractivity contribution in [1.29, 1.82) is 0 Å². The zero-order valence-corrected chi connectivity index (χ0v) is 19.5. The number of rotatable bonds is 7. The molecule has 0 radical (unpaired) electrons. The van der Waals surface area contributed by atoms with E-state index in [1.54, 1.807) is 19.2 Å². The minimum absolute atomic E-state index is 0.184. The zero-order chi connectivity index (χ0) is 20.8. The molecule has 1 heterocycles. The van der Waals surface area contributed by atoms with Crippen molar-refractivity contribution in [3.05, 3.63) is 51.5 Å². The van der Waals surface area contributed by atoms with E-state index in [-0.39, 0.29) is 5.91 Å². The molecule has 0 saturated carbocycles. The molecule has 1 amide bonds. The average Bonchev–Trinajstić information content (AvgIpc) is 2.72. The van der Waals surface area contributed by atoms with E-state index < -0.39 is 0 Å². The number of thioether (sulfide) groups is 1. The highest BCUT2D eigenvalue weighted by Gasteiger charge is 2.17. The molecule has 1 aliphatic rings. The van der Waals surface area contributed by atoms with Crippen molar-refractivity contribution in [2.45, 2.75) is 20.4 Å². The SMILES string of the molecule is CCOc1c(Br)cc(C(=O)Nc2ccc(CN3CCSCC3)cc2C)cc1OC. The van der Waals surface area contributed by atoms with Gasteiger partial charge in [0.1, 0.15) is 0 Å². The van der Waals surface area contributed by atoms with Crippen LogP contribution < -0.4 is 14.8 Å². The van der Waals surface area contributed by atoms with Gasteiger partial charge in [-0.05, 0) is 59.1 Å². The molecule has 0 spiro atoms. The van der Waals surface area contributed by atoms with Crippen molar-refractivity contribution in [2.24, 2.45) is 0 Å². The van der Waals surface area contributed by atoms with Gasteiger partial charge < -0.3 is 14.8 Å². The fourth-order valence-electron chi connectivity index (χ4n) is 3.31. The summed E-state index contributed by atoms with van der Waals surface area (Å²) in [5.41, 5.74) is 3.65. The minimum Gasteiger partial charge on any atom is -0.493 e. The van der Waals surface area contributed by atoms with Gasteiger partial charge in [0.2, 0.25) is 0 Å². The largest absolute Gasteiger partial charge is 0.493 e. The van der Waals surface area contributed by atoms with Crippen LogP contribution in [0.15, 0.2) is 34.8 Å². The molecule has 2 aromatic rings. The smallest absolute Gasteiger partial charge is 0.255 e. The Balaban J connectivity index is 1.72. The number of halogens is 1. The predicted molar refractivity (Wildman–Crippen MR) is 124 cm³/mol. The van der Waals surface area contributed by atoms with Crippen molar-refractivity contribution in [3.8, 4) is 11.5 Å². The topological polar surface area (TPSA) is 50.8 Å². The zero-order valence-electron chi connectivity index (χ0n) is 17.1. The summed E-state index contributed by atoms with van der Waals surface area (Å²) in [6.07, 6.45) is 0. The summed E-state index contributed by atoms with van der Waals surface area (Å²) in [5.74, 6) is 3.35. The first-order chi connectivity index (χ1) is 14.0. The third-order valence-electron chi connectivity index (χ3n) is 4.83. The number of nitrogens with zero attached hydrogens (tertiary/aromatic N) is 1. The molecular weight excluding hydrogens is 452 g/mol. The number of carbonyl (C=O) groups is 1. The maximum absolute atomic E-state index is 12.8. The Morgan fingerprint density at radius 3 is 2.66 bits per heavy atom. The van der Waals surface area contributed by atoms with Crippen LogP contribution in [0, 0.1) is 6.92 Å². The summed E-state index contributed by atoms with van der Waals surface area (Å²) in [5, 5.41) is 3.01. The van der Waals surface area contributed by atoms with Gasteiger partial charge in [-0.15, -0.1) is 0 Å². The van der Waals surface area contributed by atoms with Crippen LogP contribution in [-0.2, 0) is 6.54 Å². The highest BCUT2D eigenvalue weighted by molar-refractivity contribution is 9.10. The summed E-state index contributed by atoms with van der Waals surface area (Å²) >= 11 is 5.49. The number of methoxy groups -OCH3 is 1. The molecule has 0 bridgehead atoms. The Labute approximate surface area is 185 Å². The molecule has 5 nitrogen and oxygen atoms in total. The van der Waals surface area contributed by atoms with Crippen LogP contribution >= 0.6 is 27.7 Å². The third kappa shape index (κ3) is 5.68. The summed E-state index contributed by atoms with van der Waals surface area (Å²) in [4.78, 5) is 15.3. The lowest BCUT2D eigenvalue weighted by atomic mass is 10.1. The van der Waals surface area contributed by atoms with Crippen molar-refractivity contribution >= 4 is 39.3 Å². The maximum atomic E-state index is 12.8. The van der Waals surface area contributed by atoms with Gasteiger partial charge in [0.25, 0.3) is 5.91 Å². The quantitative estimate of drug-likeness (QED) is 0.608. The summed E-state index contributed by atoms with van der Waals surface area (Å²) in [6.45, 7) is 7.68. The van der Waals surface area contributed by atoms with E-state index in [1.165, 1.54) is 17.1 Å².